The molecule has 1 aromatic carbocycles. The Morgan fingerprint density at radius 1 is 1.37 bits per heavy atom. The van der Waals surface area contributed by atoms with Crippen LogP contribution in [0, 0.1) is 24.7 Å². The Balaban J connectivity index is 1.67. The van der Waals surface area contributed by atoms with Crippen molar-refractivity contribution in [1.29, 1.82) is 0 Å². The number of fused-ring (bicyclic) bond motifs is 2. The lowest BCUT2D eigenvalue weighted by Gasteiger charge is -2.22. The van der Waals surface area contributed by atoms with Gasteiger partial charge in [-0.05, 0) is 56.1 Å². The van der Waals surface area contributed by atoms with Crippen molar-refractivity contribution in [2.75, 3.05) is 6.61 Å². The summed E-state index contributed by atoms with van der Waals surface area (Å²) >= 11 is 0. The molecular formula is C16H20O3. The molecule has 1 aromatic rings. The van der Waals surface area contributed by atoms with E-state index in [0.29, 0.717) is 11.5 Å². The Labute approximate surface area is 113 Å². The summed E-state index contributed by atoms with van der Waals surface area (Å²) in [5, 5.41) is 9.10. The van der Waals surface area contributed by atoms with E-state index in [1.54, 1.807) is 12.1 Å². The highest BCUT2D eigenvalue weighted by Crippen LogP contribution is 2.48. The average Bonchev–Trinajstić information content (AvgIpc) is 2.99. The van der Waals surface area contributed by atoms with E-state index in [0.717, 1.165) is 29.8 Å². The first-order chi connectivity index (χ1) is 9.15. The summed E-state index contributed by atoms with van der Waals surface area (Å²) in [4.78, 5) is 11.1. The molecule has 0 radical (unpaired) electrons. The average molecular weight is 260 g/mol. The summed E-state index contributed by atoms with van der Waals surface area (Å²) in [6.45, 7) is 2.56. The molecule has 0 heterocycles. The van der Waals surface area contributed by atoms with Crippen LogP contribution in [0.5, 0.6) is 5.75 Å². The molecule has 102 valence electrons. The quantitative estimate of drug-likeness (QED) is 0.901. The van der Waals surface area contributed by atoms with E-state index >= 15 is 0 Å². The van der Waals surface area contributed by atoms with Crippen LogP contribution in [-0.4, -0.2) is 17.7 Å². The number of carboxylic acids is 1. The lowest BCUT2D eigenvalue weighted by atomic mass is 9.89. The molecular weight excluding hydrogens is 240 g/mol. The van der Waals surface area contributed by atoms with Gasteiger partial charge in [0.1, 0.15) is 5.75 Å². The second-order valence-electron chi connectivity index (χ2n) is 5.98. The molecule has 0 amide bonds. The third-order valence-electron chi connectivity index (χ3n) is 4.85. The van der Waals surface area contributed by atoms with Crippen molar-refractivity contribution < 1.29 is 14.6 Å². The van der Waals surface area contributed by atoms with Crippen molar-refractivity contribution >= 4 is 5.97 Å². The maximum atomic E-state index is 11.1. The normalized spacial score (nSPS) is 28.6. The van der Waals surface area contributed by atoms with Crippen LogP contribution in [0.1, 0.15) is 41.6 Å². The molecule has 2 fully saturated rings. The molecule has 2 aliphatic rings. The number of rotatable bonds is 4. The van der Waals surface area contributed by atoms with Crippen LogP contribution in [0.4, 0.5) is 0 Å². The van der Waals surface area contributed by atoms with Gasteiger partial charge in [-0.15, -0.1) is 0 Å². The zero-order chi connectivity index (χ0) is 13.4. The van der Waals surface area contributed by atoms with Crippen LogP contribution >= 0.6 is 0 Å². The van der Waals surface area contributed by atoms with Crippen LogP contribution in [0.25, 0.3) is 0 Å². The maximum absolute atomic E-state index is 11.1. The first-order valence-electron chi connectivity index (χ1n) is 7.11. The first-order valence-corrected chi connectivity index (χ1v) is 7.11. The highest BCUT2D eigenvalue weighted by atomic mass is 16.5. The van der Waals surface area contributed by atoms with Gasteiger partial charge in [0.05, 0.1) is 12.2 Å². The Kier molecular flexibility index (Phi) is 3.21. The van der Waals surface area contributed by atoms with E-state index in [1.807, 2.05) is 13.0 Å². The van der Waals surface area contributed by atoms with Gasteiger partial charge < -0.3 is 9.84 Å². The lowest BCUT2D eigenvalue weighted by Crippen LogP contribution is -2.19. The van der Waals surface area contributed by atoms with Crippen molar-refractivity contribution in [3.05, 3.63) is 29.3 Å². The van der Waals surface area contributed by atoms with Gasteiger partial charge in [0, 0.05) is 5.56 Å². The minimum Gasteiger partial charge on any atom is -0.493 e. The molecule has 1 N–H and O–H groups in total. The molecule has 3 unspecified atom stereocenters. The Morgan fingerprint density at radius 3 is 2.84 bits per heavy atom. The van der Waals surface area contributed by atoms with Gasteiger partial charge in [0.2, 0.25) is 0 Å². The summed E-state index contributed by atoms with van der Waals surface area (Å²) in [6.07, 6.45) is 5.42. The van der Waals surface area contributed by atoms with Crippen LogP contribution in [0.15, 0.2) is 18.2 Å². The largest absolute Gasteiger partial charge is 0.493 e. The van der Waals surface area contributed by atoms with Gasteiger partial charge in [-0.25, -0.2) is 4.79 Å². The fraction of sp³-hybridized carbons (Fsp3) is 0.562. The van der Waals surface area contributed by atoms with Crippen molar-refractivity contribution in [3.63, 3.8) is 0 Å². The topological polar surface area (TPSA) is 46.5 Å². The minimum atomic E-state index is -0.886. The van der Waals surface area contributed by atoms with E-state index in [2.05, 4.69) is 0 Å². The van der Waals surface area contributed by atoms with E-state index in [9.17, 15) is 4.79 Å². The summed E-state index contributed by atoms with van der Waals surface area (Å²) in [7, 11) is 0. The number of hydrogen-bond acceptors (Lipinski definition) is 2. The van der Waals surface area contributed by atoms with Gasteiger partial charge in [-0.1, -0.05) is 12.5 Å². The predicted octanol–water partition coefficient (Wildman–Crippen LogP) is 3.51. The van der Waals surface area contributed by atoms with Crippen molar-refractivity contribution in [3.8, 4) is 5.75 Å². The molecule has 3 nitrogen and oxygen atoms in total. The highest BCUT2D eigenvalue weighted by molar-refractivity contribution is 5.90. The molecule has 0 spiro atoms. The summed E-state index contributed by atoms with van der Waals surface area (Å²) in [5.74, 6) is 2.27. The fourth-order valence-electron chi connectivity index (χ4n) is 3.78. The third kappa shape index (κ3) is 2.34. The highest BCUT2D eigenvalue weighted by Gasteiger charge is 2.39. The van der Waals surface area contributed by atoms with Crippen LogP contribution in [0.2, 0.25) is 0 Å². The SMILES string of the molecule is Cc1c(OCC2CC3CCC2C3)cccc1C(=O)O. The van der Waals surface area contributed by atoms with Gasteiger partial charge in [0.25, 0.3) is 0 Å². The Hall–Kier alpha value is -1.51. The molecule has 3 rings (SSSR count). The number of aromatic carboxylic acids is 1. The number of benzene rings is 1. The second-order valence-corrected chi connectivity index (χ2v) is 5.98. The first kappa shape index (κ1) is 12.5. The van der Waals surface area contributed by atoms with Gasteiger partial charge in [-0.3, -0.25) is 0 Å². The molecule has 3 atom stereocenters. The number of hydrogen-bond donors (Lipinski definition) is 1. The molecule has 0 aliphatic heterocycles. The van der Waals surface area contributed by atoms with E-state index in [-0.39, 0.29) is 0 Å². The fourth-order valence-corrected chi connectivity index (χ4v) is 3.78. The smallest absolute Gasteiger partial charge is 0.336 e. The molecule has 3 heteroatoms. The summed E-state index contributed by atoms with van der Waals surface area (Å²) in [5.41, 5.74) is 1.07. The van der Waals surface area contributed by atoms with Gasteiger partial charge in [0.15, 0.2) is 0 Å². The summed E-state index contributed by atoms with van der Waals surface area (Å²) in [6, 6.07) is 5.25. The summed E-state index contributed by atoms with van der Waals surface area (Å²) < 4.78 is 5.90. The Bertz CT molecular complexity index is 495. The number of carbonyl (C=O) groups is 1. The van der Waals surface area contributed by atoms with Crippen LogP contribution in [0.3, 0.4) is 0 Å². The number of ether oxygens (including phenoxy) is 1. The predicted molar refractivity (Wildman–Crippen MR) is 72.6 cm³/mol. The van der Waals surface area contributed by atoms with Crippen molar-refractivity contribution in [2.24, 2.45) is 17.8 Å². The lowest BCUT2D eigenvalue weighted by molar-refractivity contribution is 0.0695. The van der Waals surface area contributed by atoms with Crippen molar-refractivity contribution in [2.45, 2.75) is 32.6 Å². The second kappa shape index (κ2) is 4.87. The van der Waals surface area contributed by atoms with E-state index < -0.39 is 5.97 Å². The molecule has 19 heavy (non-hydrogen) atoms. The molecule has 2 aliphatic carbocycles. The monoisotopic (exact) mass is 260 g/mol. The van der Waals surface area contributed by atoms with Gasteiger partial charge in [-0.2, -0.15) is 0 Å². The number of carboxylic acid groups (broad SMARTS) is 1. The maximum Gasteiger partial charge on any atom is 0.336 e. The third-order valence-corrected chi connectivity index (χ3v) is 4.85. The van der Waals surface area contributed by atoms with Gasteiger partial charge >= 0.3 is 5.97 Å². The Morgan fingerprint density at radius 2 is 2.21 bits per heavy atom. The van der Waals surface area contributed by atoms with Crippen LogP contribution < -0.4 is 4.74 Å². The zero-order valence-corrected chi connectivity index (χ0v) is 11.3. The van der Waals surface area contributed by atoms with E-state index in [4.69, 9.17) is 9.84 Å². The molecule has 2 saturated carbocycles. The molecule has 2 bridgehead atoms. The minimum absolute atomic E-state index is 0.338. The zero-order valence-electron chi connectivity index (χ0n) is 11.3. The standard InChI is InChI=1S/C16H20O3/c1-10-14(16(17)18)3-2-4-15(10)19-9-13-8-11-5-6-12(13)7-11/h2-4,11-13H,5-9H2,1H3,(H,17,18). The van der Waals surface area contributed by atoms with Crippen molar-refractivity contribution in [1.82, 2.24) is 0 Å². The van der Waals surface area contributed by atoms with Crippen LogP contribution in [-0.2, 0) is 0 Å². The molecule has 0 saturated heterocycles. The molecule has 0 aromatic heterocycles. The van der Waals surface area contributed by atoms with E-state index in [1.165, 1.54) is 25.7 Å².